The molecule has 0 aromatic carbocycles. The van der Waals surface area contributed by atoms with Crippen LogP contribution in [-0.2, 0) is 9.53 Å². The average Bonchev–Trinajstić information content (AvgIpc) is 2.59. The van der Waals surface area contributed by atoms with Crippen LogP contribution in [0.4, 0.5) is 0 Å². The largest absolute Gasteiger partial charge is 0.468 e. The molecule has 1 aliphatic heterocycles. The third-order valence-electron chi connectivity index (χ3n) is 2.96. The van der Waals surface area contributed by atoms with Crippen LogP contribution >= 0.6 is 11.8 Å². The standard InChI is InChI=1S/C11H21NO2S/c1-5-8(2)12-11(10(13)14-4)6-9(3)15-7-11/h8-9,12H,5-7H2,1-4H3. The summed E-state index contributed by atoms with van der Waals surface area (Å²) >= 11 is 1.84. The fourth-order valence-electron chi connectivity index (χ4n) is 1.96. The third-order valence-corrected chi connectivity index (χ3v) is 4.36. The molecule has 3 unspecified atom stereocenters. The van der Waals surface area contributed by atoms with Gasteiger partial charge in [0.25, 0.3) is 0 Å². The van der Waals surface area contributed by atoms with Crippen molar-refractivity contribution in [2.24, 2.45) is 0 Å². The third kappa shape index (κ3) is 2.88. The van der Waals surface area contributed by atoms with Crippen LogP contribution in [0.15, 0.2) is 0 Å². The van der Waals surface area contributed by atoms with Gasteiger partial charge in [-0.3, -0.25) is 10.1 Å². The summed E-state index contributed by atoms with van der Waals surface area (Å²) < 4.78 is 4.92. The number of thioether (sulfide) groups is 1. The molecule has 0 amide bonds. The molecule has 1 heterocycles. The lowest BCUT2D eigenvalue weighted by atomic mass is 9.95. The molecule has 0 bridgehead atoms. The van der Waals surface area contributed by atoms with E-state index in [1.807, 2.05) is 11.8 Å². The zero-order valence-corrected chi connectivity index (χ0v) is 10.8. The highest BCUT2D eigenvalue weighted by Crippen LogP contribution is 2.35. The van der Waals surface area contributed by atoms with Crippen molar-refractivity contribution in [1.29, 1.82) is 0 Å². The predicted molar refractivity (Wildman–Crippen MR) is 64.2 cm³/mol. The minimum atomic E-state index is -0.450. The lowest BCUT2D eigenvalue weighted by Gasteiger charge is -2.30. The molecule has 1 rings (SSSR count). The van der Waals surface area contributed by atoms with Crippen molar-refractivity contribution in [3.8, 4) is 0 Å². The second-order valence-corrected chi connectivity index (χ2v) is 5.78. The van der Waals surface area contributed by atoms with Crippen LogP contribution in [0.1, 0.15) is 33.6 Å². The number of rotatable bonds is 4. The van der Waals surface area contributed by atoms with Gasteiger partial charge in [-0.25, -0.2) is 0 Å². The van der Waals surface area contributed by atoms with Gasteiger partial charge >= 0.3 is 5.97 Å². The molecule has 88 valence electrons. The maximum Gasteiger partial charge on any atom is 0.326 e. The van der Waals surface area contributed by atoms with E-state index in [4.69, 9.17) is 4.74 Å². The van der Waals surface area contributed by atoms with Crippen LogP contribution in [0.5, 0.6) is 0 Å². The minimum Gasteiger partial charge on any atom is -0.468 e. The van der Waals surface area contributed by atoms with Crippen molar-refractivity contribution in [2.75, 3.05) is 12.9 Å². The van der Waals surface area contributed by atoms with Gasteiger partial charge in [0.05, 0.1) is 7.11 Å². The highest BCUT2D eigenvalue weighted by Gasteiger charge is 2.46. The van der Waals surface area contributed by atoms with Gasteiger partial charge in [-0.15, -0.1) is 0 Å². The molecule has 0 aromatic rings. The van der Waals surface area contributed by atoms with Crippen molar-refractivity contribution >= 4 is 17.7 Å². The summed E-state index contributed by atoms with van der Waals surface area (Å²) in [6, 6.07) is 0.356. The van der Waals surface area contributed by atoms with E-state index in [1.165, 1.54) is 7.11 Å². The summed E-state index contributed by atoms with van der Waals surface area (Å²) in [6.45, 7) is 6.39. The Morgan fingerprint density at radius 3 is 2.80 bits per heavy atom. The smallest absolute Gasteiger partial charge is 0.326 e. The Balaban J connectivity index is 2.73. The Morgan fingerprint density at radius 1 is 1.73 bits per heavy atom. The predicted octanol–water partition coefficient (Wildman–Crippen LogP) is 1.81. The SMILES string of the molecule is CCC(C)NC1(C(=O)OC)CSC(C)C1. The van der Waals surface area contributed by atoms with E-state index in [2.05, 4.69) is 26.1 Å². The fraction of sp³-hybridized carbons (Fsp3) is 0.909. The molecule has 1 saturated heterocycles. The monoisotopic (exact) mass is 231 g/mol. The first-order chi connectivity index (χ1) is 7.04. The van der Waals surface area contributed by atoms with Crippen molar-refractivity contribution in [3.05, 3.63) is 0 Å². The molecule has 0 radical (unpaired) electrons. The van der Waals surface area contributed by atoms with Crippen molar-refractivity contribution < 1.29 is 9.53 Å². The Hall–Kier alpha value is -0.220. The summed E-state index contributed by atoms with van der Waals surface area (Å²) in [5.74, 6) is 0.713. The number of methoxy groups -OCH3 is 1. The van der Waals surface area contributed by atoms with Gasteiger partial charge in [0.1, 0.15) is 5.54 Å². The summed E-state index contributed by atoms with van der Waals surface area (Å²) in [6.07, 6.45) is 1.90. The summed E-state index contributed by atoms with van der Waals surface area (Å²) in [5, 5.41) is 3.96. The first kappa shape index (κ1) is 12.8. The van der Waals surface area contributed by atoms with Crippen LogP contribution in [0.2, 0.25) is 0 Å². The van der Waals surface area contributed by atoms with Gasteiger partial charge in [-0.2, -0.15) is 11.8 Å². The first-order valence-electron chi connectivity index (χ1n) is 5.51. The van der Waals surface area contributed by atoms with Gasteiger partial charge in [-0.05, 0) is 19.8 Å². The molecular weight excluding hydrogens is 210 g/mol. The Bertz CT molecular complexity index is 235. The van der Waals surface area contributed by atoms with E-state index < -0.39 is 5.54 Å². The number of hydrogen-bond donors (Lipinski definition) is 1. The average molecular weight is 231 g/mol. The van der Waals surface area contributed by atoms with E-state index >= 15 is 0 Å². The van der Waals surface area contributed by atoms with Crippen LogP contribution in [0, 0.1) is 0 Å². The number of esters is 1. The van der Waals surface area contributed by atoms with E-state index in [0.29, 0.717) is 11.3 Å². The van der Waals surface area contributed by atoms with E-state index in [0.717, 1.165) is 18.6 Å². The van der Waals surface area contributed by atoms with Crippen molar-refractivity contribution in [3.63, 3.8) is 0 Å². The van der Waals surface area contributed by atoms with Crippen molar-refractivity contribution in [1.82, 2.24) is 5.32 Å². The molecule has 0 saturated carbocycles. The summed E-state index contributed by atoms with van der Waals surface area (Å²) in [5.41, 5.74) is -0.450. The van der Waals surface area contributed by atoms with E-state index in [9.17, 15) is 4.79 Å². The van der Waals surface area contributed by atoms with E-state index in [-0.39, 0.29) is 5.97 Å². The van der Waals surface area contributed by atoms with Gasteiger partial charge < -0.3 is 4.74 Å². The molecule has 1 N–H and O–H groups in total. The van der Waals surface area contributed by atoms with Crippen molar-refractivity contribution in [2.45, 2.75) is 50.4 Å². The van der Waals surface area contributed by atoms with Gasteiger partial charge in [0.2, 0.25) is 0 Å². The Kier molecular flexibility index (Phi) is 4.46. The summed E-state index contributed by atoms with van der Waals surface area (Å²) in [4.78, 5) is 11.8. The zero-order chi connectivity index (χ0) is 11.5. The second kappa shape index (κ2) is 5.21. The molecule has 1 aliphatic rings. The van der Waals surface area contributed by atoms with Crippen LogP contribution in [-0.4, -0.2) is 35.7 Å². The highest BCUT2D eigenvalue weighted by atomic mass is 32.2. The molecule has 4 heteroatoms. The number of ether oxygens (including phenoxy) is 1. The Morgan fingerprint density at radius 2 is 2.40 bits per heavy atom. The lowest BCUT2D eigenvalue weighted by molar-refractivity contribution is -0.148. The normalized spacial score (nSPS) is 32.7. The van der Waals surface area contributed by atoms with Gasteiger partial charge in [0.15, 0.2) is 0 Å². The van der Waals surface area contributed by atoms with Crippen LogP contribution in [0.25, 0.3) is 0 Å². The molecule has 3 atom stereocenters. The molecule has 0 aliphatic carbocycles. The van der Waals surface area contributed by atoms with Gasteiger partial charge in [-0.1, -0.05) is 13.8 Å². The second-order valence-electron chi connectivity index (χ2n) is 4.35. The molecule has 0 aromatic heterocycles. The van der Waals surface area contributed by atoms with Crippen LogP contribution in [0.3, 0.4) is 0 Å². The maximum absolute atomic E-state index is 11.8. The fourth-order valence-corrected chi connectivity index (χ4v) is 3.25. The zero-order valence-electron chi connectivity index (χ0n) is 10.0. The van der Waals surface area contributed by atoms with Crippen LogP contribution < -0.4 is 5.32 Å². The molecule has 15 heavy (non-hydrogen) atoms. The van der Waals surface area contributed by atoms with E-state index in [1.54, 1.807) is 0 Å². The first-order valence-corrected chi connectivity index (χ1v) is 6.56. The quantitative estimate of drug-likeness (QED) is 0.749. The molecular formula is C11H21NO2S. The maximum atomic E-state index is 11.8. The van der Waals surface area contributed by atoms with Gasteiger partial charge in [0, 0.05) is 17.0 Å². The number of nitrogens with one attached hydrogen (secondary N) is 1. The highest BCUT2D eigenvalue weighted by molar-refractivity contribution is 8.00. The topological polar surface area (TPSA) is 38.3 Å². The number of carbonyl (C=O) groups excluding carboxylic acids is 1. The molecule has 3 nitrogen and oxygen atoms in total. The Labute approximate surface area is 96.3 Å². The lowest BCUT2D eigenvalue weighted by Crippen LogP contribution is -2.56. The minimum absolute atomic E-state index is 0.111. The number of carbonyl (C=O) groups is 1. The molecule has 1 fully saturated rings. The number of hydrogen-bond acceptors (Lipinski definition) is 4. The summed E-state index contributed by atoms with van der Waals surface area (Å²) in [7, 11) is 1.47. The molecule has 0 spiro atoms.